The van der Waals surface area contributed by atoms with Gasteiger partial charge in [0.15, 0.2) is 17.2 Å². The van der Waals surface area contributed by atoms with E-state index in [-0.39, 0.29) is 29.8 Å². The predicted molar refractivity (Wildman–Crippen MR) is 119 cm³/mol. The molecule has 0 saturated heterocycles. The number of furan rings is 1. The number of ether oxygens (including phenoxy) is 2. The van der Waals surface area contributed by atoms with Crippen LogP contribution in [0.2, 0.25) is 0 Å². The third kappa shape index (κ3) is 5.04. The second-order valence-corrected chi connectivity index (χ2v) is 6.95. The number of amides is 2. The number of nitrogens with one attached hydrogen (secondary N) is 2. The minimum atomic E-state index is -0.387. The van der Waals surface area contributed by atoms with Gasteiger partial charge in [0.1, 0.15) is 11.5 Å². The number of aromatic nitrogens is 1. The van der Waals surface area contributed by atoms with Crippen molar-refractivity contribution in [2.45, 2.75) is 6.54 Å². The number of hydrogen-bond acceptors (Lipinski definition) is 7. The third-order valence-electron chi connectivity index (χ3n) is 4.82. The van der Waals surface area contributed by atoms with Crippen LogP contribution in [0.4, 0.5) is 5.69 Å². The highest BCUT2D eigenvalue weighted by atomic mass is 16.5. The lowest BCUT2D eigenvalue weighted by molar-refractivity contribution is 0.0941. The van der Waals surface area contributed by atoms with Crippen LogP contribution in [-0.4, -0.2) is 31.2 Å². The van der Waals surface area contributed by atoms with Crippen molar-refractivity contribution in [1.82, 2.24) is 10.5 Å². The molecule has 0 aliphatic rings. The van der Waals surface area contributed by atoms with Crippen LogP contribution in [0.25, 0.3) is 11.3 Å². The molecule has 9 nitrogen and oxygen atoms in total. The standard InChI is InChI=1S/C24H21N3O6/c1-30-17-9-10-20(31-2)18(12-17)22-13-19(27-33-22)23(28)25-14-15-5-7-16(8-6-15)26-24(29)21-4-3-11-32-21/h3-13H,14H2,1-2H3,(H,25,28)(H,26,29). The number of hydrogen-bond donors (Lipinski definition) is 2. The summed E-state index contributed by atoms with van der Waals surface area (Å²) in [6.45, 7) is 0.274. The van der Waals surface area contributed by atoms with Crippen LogP contribution in [0.15, 0.2) is 75.9 Å². The Kier molecular flexibility index (Phi) is 6.40. The molecule has 0 radical (unpaired) electrons. The van der Waals surface area contributed by atoms with E-state index < -0.39 is 0 Å². The number of carbonyl (C=O) groups excluding carboxylic acids is 2. The van der Waals surface area contributed by atoms with E-state index in [0.29, 0.717) is 28.5 Å². The average molecular weight is 447 g/mol. The quantitative estimate of drug-likeness (QED) is 0.417. The number of methoxy groups -OCH3 is 2. The molecule has 4 aromatic rings. The Labute approximate surface area is 189 Å². The van der Waals surface area contributed by atoms with Gasteiger partial charge >= 0.3 is 0 Å². The molecule has 2 aromatic heterocycles. The SMILES string of the molecule is COc1ccc(OC)c(-c2cc(C(=O)NCc3ccc(NC(=O)c4ccco4)cc3)no2)c1. The zero-order valence-corrected chi connectivity index (χ0v) is 18.0. The smallest absolute Gasteiger partial charge is 0.291 e. The minimum Gasteiger partial charge on any atom is -0.497 e. The summed E-state index contributed by atoms with van der Waals surface area (Å²) in [5, 5.41) is 9.40. The maximum atomic E-state index is 12.5. The Balaban J connectivity index is 1.37. The van der Waals surface area contributed by atoms with Gasteiger partial charge in [-0.05, 0) is 48.0 Å². The fraction of sp³-hybridized carbons (Fsp3) is 0.125. The lowest BCUT2D eigenvalue weighted by Crippen LogP contribution is -2.23. The molecule has 0 bridgehead atoms. The summed E-state index contributed by atoms with van der Waals surface area (Å²) in [5.41, 5.74) is 2.21. The van der Waals surface area contributed by atoms with Gasteiger partial charge in [0, 0.05) is 18.3 Å². The molecule has 9 heteroatoms. The topological polar surface area (TPSA) is 116 Å². The fourth-order valence-corrected chi connectivity index (χ4v) is 3.10. The summed E-state index contributed by atoms with van der Waals surface area (Å²) < 4.78 is 21.0. The molecule has 2 aromatic carbocycles. The van der Waals surface area contributed by atoms with Crippen molar-refractivity contribution >= 4 is 17.5 Å². The van der Waals surface area contributed by atoms with Gasteiger partial charge in [-0.25, -0.2) is 0 Å². The average Bonchev–Trinajstić information content (AvgIpc) is 3.56. The number of nitrogens with zero attached hydrogens (tertiary/aromatic N) is 1. The molecule has 168 valence electrons. The molecule has 0 spiro atoms. The maximum Gasteiger partial charge on any atom is 0.291 e. The van der Waals surface area contributed by atoms with Crippen molar-refractivity contribution in [3.8, 4) is 22.8 Å². The second kappa shape index (κ2) is 9.73. The summed E-state index contributed by atoms with van der Waals surface area (Å²) >= 11 is 0. The van der Waals surface area contributed by atoms with Gasteiger partial charge in [0.05, 0.1) is 26.0 Å². The summed E-state index contributed by atoms with van der Waals surface area (Å²) in [5.74, 6) is 1.07. The molecule has 0 aliphatic carbocycles. The highest BCUT2D eigenvalue weighted by molar-refractivity contribution is 6.02. The Morgan fingerprint density at radius 2 is 1.79 bits per heavy atom. The first-order valence-corrected chi connectivity index (χ1v) is 9.98. The summed E-state index contributed by atoms with van der Waals surface area (Å²) in [4.78, 5) is 24.5. The van der Waals surface area contributed by atoms with Gasteiger partial charge < -0.3 is 29.0 Å². The van der Waals surface area contributed by atoms with E-state index in [9.17, 15) is 9.59 Å². The zero-order valence-electron chi connectivity index (χ0n) is 18.0. The van der Waals surface area contributed by atoms with Gasteiger partial charge in [-0.1, -0.05) is 17.3 Å². The summed E-state index contributed by atoms with van der Waals surface area (Å²) in [6.07, 6.45) is 1.44. The number of rotatable bonds is 8. The lowest BCUT2D eigenvalue weighted by Gasteiger charge is -2.07. The molecular weight excluding hydrogens is 426 g/mol. The van der Waals surface area contributed by atoms with Crippen molar-refractivity contribution in [3.05, 3.63) is 83.9 Å². The Morgan fingerprint density at radius 3 is 2.48 bits per heavy atom. The molecule has 2 amide bonds. The van der Waals surface area contributed by atoms with E-state index in [0.717, 1.165) is 5.56 Å². The van der Waals surface area contributed by atoms with Crippen LogP contribution in [0, 0.1) is 0 Å². The van der Waals surface area contributed by atoms with Crippen LogP contribution < -0.4 is 20.1 Å². The Morgan fingerprint density at radius 1 is 0.970 bits per heavy atom. The summed E-state index contributed by atoms with van der Waals surface area (Å²) in [6, 6.07) is 17.1. The highest BCUT2D eigenvalue weighted by Gasteiger charge is 2.17. The maximum absolute atomic E-state index is 12.5. The molecule has 33 heavy (non-hydrogen) atoms. The van der Waals surface area contributed by atoms with Crippen LogP contribution >= 0.6 is 0 Å². The van der Waals surface area contributed by atoms with Gasteiger partial charge in [0.2, 0.25) is 0 Å². The molecule has 0 fully saturated rings. The predicted octanol–water partition coefficient (Wildman–Crippen LogP) is 4.13. The Bertz CT molecular complexity index is 1250. The Hall–Kier alpha value is -4.53. The molecule has 0 saturated carbocycles. The first-order chi connectivity index (χ1) is 16.1. The van der Waals surface area contributed by atoms with Gasteiger partial charge in [0.25, 0.3) is 11.8 Å². The van der Waals surface area contributed by atoms with Crippen LogP contribution in [0.3, 0.4) is 0 Å². The number of anilines is 1. The zero-order chi connectivity index (χ0) is 23.2. The molecule has 0 unspecified atom stereocenters. The second-order valence-electron chi connectivity index (χ2n) is 6.95. The van der Waals surface area contributed by atoms with Crippen molar-refractivity contribution in [2.24, 2.45) is 0 Å². The lowest BCUT2D eigenvalue weighted by atomic mass is 10.1. The van der Waals surface area contributed by atoms with Gasteiger partial charge in [-0.3, -0.25) is 9.59 Å². The molecule has 0 aliphatic heterocycles. The molecule has 0 atom stereocenters. The van der Waals surface area contributed by atoms with Crippen LogP contribution in [-0.2, 0) is 6.54 Å². The molecular formula is C24H21N3O6. The summed E-state index contributed by atoms with van der Waals surface area (Å²) in [7, 11) is 3.10. The fourth-order valence-electron chi connectivity index (χ4n) is 3.10. The molecule has 4 rings (SSSR count). The van der Waals surface area contributed by atoms with E-state index in [1.54, 1.807) is 74.9 Å². The number of carbonyl (C=O) groups is 2. The van der Waals surface area contributed by atoms with Gasteiger partial charge in [-0.2, -0.15) is 0 Å². The van der Waals surface area contributed by atoms with Crippen molar-refractivity contribution in [1.29, 1.82) is 0 Å². The first kappa shape index (κ1) is 21.7. The van der Waals surface area contributed by atoms with Crippen molar-refractivity contribution in [2.75, 3.05) is 19.5 Å². The normalized spacial score (nSPS) is 10.5. The van der Waals surface area contributed by atoms with Gasteiger partial charge in [-0.15, -0.1) is 0 Å². The van der Waals surface area contributed by atoms with E-state index >= 15 is 0 Å². The van der Waals surface area contributed by atoms with Crippen LogP contribution in [0.1, 0.15) is 26.6 Å². The molecule has 2 N–H and O–H groups in total. The van der Waals surface area contributed by atoms with Crippen molar-refractivity contribution < 1.29 is 28.0 Å². The van der Waals surface area contributed by atoms with E-state index in [1.807, 2.05) is 0 Å². The van der Waals surface area contributed by atoms with E-state index in [2.05, 4.69) is 15.8 Å². The highest BCUT2D eigenvalue weighted by Crippen LogP contribution is 2.33. The van der Waals surface area contributed by atoms with Crippen LogP contribution in [0.5, 0.6) is 11.5 Å². The number of benzene rings is 2. The van der Waals surface area contributed by atoms with E-state index in [4.69, 9.17) is 18.4 Å². The molecule has 2 heterocycles. The monoisotopic (exact) mass is 447 g/mol. The largest absolute Gasteiger partial charge is 0.497 e. The van der Waals surface area contributed by atoms with E-state index in [1.165, 1.54) is 6.26 Å². The van der Waals surface area contributed by atoms with Crippen molar-refractivity contribution in [3.63, 3.8) is 0 Å². The minimum absolute atomic E-state index is 0.136. The third-order valence-corrected chi connectivity index (χ3v) is 4.82. The first-order valence-electron chi connectivity index (χ1n) is 9.98.